The van der Waals surface area contributed by atoms with E-state index in [9.17, 15) is 0 Å². The Morgan fingerprint density at radius 1 is 1.12 bits per heavy atom. The van der Waals surface area contributed by atoms with Gasteiger partial charge in [0.1, 0.15) is 12.4 Å². The van der Waals surface area contributed by atoms with Gasteiger partial charge in [0.05, 0.1) is 18.8 Å². The van der Waals surface area contributed by atoms with Crippen molar-refractivity contribution in [2.24, 2.45) is 4.99 Å². The normalized spacial score (nSPS) is 11.0. The summed E-state index contributed by atoms with van der Waals surface area (Å²) in [6.07, 6.45) is 1.78. The quantitative estimate of drug-likeness (QED) is 0.267. The summed E-state index contributed by atoms with van der Waals surface area (Å²) < 4.78 is 5.93. The van der Waals surface area contributed by atoms with Gasteiger partial charge in [-0.25, -0.2) is 4.99 Å². The molecule has 142 valence electrons. The van der Waals surface area contributed by atoms with Gasteiger partial charge in [-0.15, -0.1) is 24.0 Å². The molecule has 5 nitrogen and oxygen atoms in total. The molecule has 26 heavy (non-hydrogen) atoms. The van der Waals surface area contributed by atoms with Gasteiger partial charge in [-0.05, 0) is 36.6 Å². The van der Waals surface area contributed by atoms with Gasteiger partial charge in [-0.2, -0.15) is 0 Å². The number of nitrogens with one attached hydrogen (secondary N) is 2. The van der Waals surface area contributed by atoms with Gasteiger partial charge in [0.15, 0.2) is 5.96 Å². The average molecular weight is 468 g/mol. The number of pyridine rings is 1. The van der Waals surface area contributed by atoms with Gasteiger partial charge in [0.25, 0.3) is 0 Å². The number of rotatable bonds is 8. The summed E-state index contributed by atoms with van der Waals surface area (Å²) >= 11 is 0. The van der Waals surface area contributed by atoms with E-state index < -0.39 is 0 Å². The van der Waals surface area contributed by atoms with E-state index >= 15 is 0 Å². The number of aliphatic imine (C=N–C) groups is 1. The van der Waals surface area contributed by atoms with Crippen molar-refractivity contribution in [3.05, 3.63) is 59.9 Å². The molecule has 0 aliphatic heterocycles. The maximum atomic E-state index is 5.93. The van der Waals surface area contributed by atoms with Crippen molar-refractivity contribution >= 4 is 29.9 Å². The zero-order valence-electron chi connectivity index (χ0n) is 15.7. The highest BCUT2D eigenvalue weighted by atomic mass is 127. The molecule has 2 N–H and O–H groups in total. The molecule has 0 amide bonds. The van der Waals surface area contributed by atoms with Crippen molar-refractivity contribution < 1.29 is 4.74 Å². The van der Waals surface area contributed by atoms with Gasteiger partial charge >= 0.3 is 0 Å². The largest absolute Gasteiger partial charge is 0.491 e. The summed E-state index contributed by atoms with van der Waals surface area (Å²) in [5.74, 6) is 2.17. The predicted molar refractivity (Wildman–Crippen MR) is 118 cm³/mol. The van der Waals surface area contributed by atoms with Crippen LogP contribution in [0.25, 0.3) is 0 Å². The van der Waals surface area contributed by atoms with Crippen LogP contribution in [0.3, 0.4) is 0 Å². The summed E-state index contributed by atoms with van der Waals surface area (Å²) in [5, 5.41) is 6.53. The van der Waals surface area contributed by atoms with Crippen LogP contribution in [-0.4, -0.2) is 30.6 Å². The van der Waals surface area contributed by atoms with E-state index in [1.54, 1.807) is 6.20 Å². The van der Waals surface area contributed by atoms with Crippen LogP contribution in [0.5, 0.6) is 5.75 Å². The molecule has 0 aliphatic rings. The molecule has 1 heterocycles. The number of ether oxygens (including phenoxy) is 1. The van der Waals surface area contributed by atoms with Gasteiger partial charge in [-0.1, -0.05) is 38.1 Å². The lowest BCUT2D eigenvalue weighted by Crippen LogP contribution is -2.39. The molecule has 0 bridgehead atoms. The van der Waals surface area contributed by atoms with E-state index in [4.69, 9.17) is 4.74 Å². The highest BCUT2D eigenvalue weighted by molar-refractivity contribution is 14.0. The SMILES string of the molecule is CCNC(=NCc1ccccn1)NCCOc1ccccc1C(C)C.I. The Morgan fingerprint density at radius 3 is 2.58 bits per heavy atom. The number of aromatic nitrogens is 1. The van der Waals surface area contributed by atoms with E-state index in [2.05, 4.69) is 40.5 Å². The van der Waals surface area contributed by atoms with Crippen molar-refractivity contribution in [2.45, 2.75) is 33.2 Å². The van der Waals surface area contributed by atoms with Crippen LogP contribution in [0.2, 0.25) is 0 Å². The number of guanidine groups is 1. The van der Waals surface area contributed by atoms with Crippen molar-refractivity contribution in [1.29, 1.82) is 0 Å². The Hall–Kier alpha value is -1.83. The molecular formula is C20H29IN4O. The second-order valence-electron chi connectivity index (χ2n) is 5.98. The molecule has 0 saturated heterocycles. The average Bonchev–Trinajstić information content (AvgIpc) is 2.64. The molecular weight excluding hydrogens is 439 g/mol. The van der Waals surface area contributed by atoms with Crippen LogP contribution < -0.4 is 15.4 Å². The lowest BCUT2D eigenvalue weighted by Gasteiger charge is -2.15. The van der Waals surface area contributed by atoms with Crippen molar-refractivity contribution in [3.63, 3.8) is 0 Å². The second kappa shape index (κ2) is 12.5. The molecule has 6 heteroatoms. The molecule has 1 aromatic heterocycles. The lowest BCUT2D eigenvalue weighted by molar-refractivity contribution is 0.317. The maximum absolute atomic E-state index is 5.93. The van der Waals surface area contributed by atoms with Crippen LogP contribution in [0.1, 0.15) is 37.9 Å². The monoisotopic (exact) mass is 468 g/mol. The fraction of sp³-hybridized carbons (Fsp3) is 0.400. The molecule has 0 radical (unpaired) electrons. The fourth-order valence-corrected chi connectivity index (χ4v) is 2.41. The molecule has 0 spiro atoms. The first-order valence-corrected chi connectivity index (χ1v) is 8.84. The molecule has 0 unspecified atom stereocenters. The van der Waals surface area contributed by atoms with Gasteiger partial charge in [-0.3, -0.25) is 4.98 Å². The molecule has 1 aromatic carbocycles. The third kappa shape index (κ3) is 7.59. The van der Waals surface area contributed by atoms with E-state index in [1.807, 2.05) is 43.3 Å². The molecule has 0 aliphatic carbocycles. The number of nitrogens with zero attached hydrogens (tertiary/aromatic N) is 2. The lowest BCUT2D eigenvalue weighted by atomic mass is 10.0. The molecule has 2 aromatic rings. The number of benzene rings is 1. The third-order valence-electron chi connectivity index (χ3n) is 3.66. The number of halogens is 1. The summed E-state index contributed by atoms with van der Waals surface area (Å²) in [5.41, 5.74) is 2.18. The van der Waals surface area contributed by atoms with Crippen LogP contribution in [0.4, 0.5) is 0 Å². The number of para-hydroxylation sites is 1. The Bertz CT molecular complexity index is 662. The Morgan fingerprint density at radius 2 is 1.88 bits per heavy atom. The van der Waals surface area contributed by atoms with Crippen LogP contribution in [0, 0.1) is 0 Å². The summed E-state index contributed by atoms with van der Waals surface area (Å²) in [6.45, 7) is 9.02. The summed E-state index contributed by atoms with van der Waals surface area (Å²) in [7, 11) is 0. The Kier molecular flexibility index (Phi) is 10.7. The predicted octanol–water partition coefficient (Wildman–Crippen LogP) is 3.96. The summed E-state index contributed by atoms with van der Waals surface area (Å²) in [4.78, 5) is 8.84. The summed E-state index contributed by atoms with van der Waals surface area (Å²) in [6, 6.07) is 14.0. The van der Waals surface area contributed by atoms with Crippen molar-refractivity contribution in [2.75, 3.05) is 19.7 Å². The highest BCUT2D eigenvalue weighted by Gasteiger charge is 2.06. The van der Waals surface area contributed by atoms with E-state index in [0.717, 1.165) is 23.9 Å². The fourth-order valence-electron chi connectivity index (χ4n) is 2.41. The standard InChI is InChI=1S/C20H28N4O.HI/c1-4-21-20(24-15-17-9-7-8-12-22-17)23-13-14-25-19-11-6-5-10-18(19)16(2)3;/h5-12,16H,4,13-15H2,1-3H3,(H2,21,23,24);1H. The topological polar surface area (TPSA) is 58.5 Å². The van der Waals surface area contributed by atoms with Gasteiger partial charge in [0, 0.05) is 12.7 Å². The number of hydrogen-bond acceptors (Lipinski definition) is 3. The molecule has 2 rings (SSSR count). The Labute approximate surface area is 173 Å². The zero-order chi connectivity index (χ0) is 17.9. The minimum atomic E-state index is 0. The minimum absolute atomic E-state index is 0. The van der Waals surface area contributed by atoms with Crippen molar-refractivity contribution in [3.8, 4) is 5.75 Å². The molecule has 0 saturated carbocycles. The zero-order valence-corrected chi connectivity index (χ0v) is 18.1. The molecule has 0 atom stereocenters. The van der Waals surface area contributed by atoms with E-state index in [1.165, 1.54) is 5.56 Å². The van der Waals surface area contributed by atoms with Crippen molar-refractivity contribution in [1.82, 2.24) is 15.6 Å². The van der Waals surface area contributed by atoms with Gasteiger partial charge < -0.3 is 15.4 Å². The van der Waals surface area contributed by atoms with Crippen LogP contribution in [-0.2, 0) is 6.54 Å². The first-order valence-electron chi connectivity index (χ1n) is 8.84. The van der Waals surface area contributed by atoms with E-state index in [-0.39, 0.29) is 24.0 Å². The van der Waals surface area contributed by atoms with E-state index in [0.29, 0.717) is 25.6 Å². The smallest absolute Gasteiger partial charge is 0.191 e. The van der Waals surface area contributed by atoms with Gasteiger partial charge in [0.2, 0.25) is 0 Å². The number of hydrogen-bond donors (Lipinski definition) is 2. The van der Waals surface area contributed by atoms with Crippen LogP contribution >= 0.6 is 24.0 Å². The maximum Gasteiger partial charge on any atom is 0.191 e. The minimum Gasteiger partial charge on any atom is -0.491 e. The molecule has 0 fully saturated rings. The first kappa shape index (κ1) is 22.2. The first-order chi connectivity index (χ1) is 12.2. The second-order valence-corrected chi connectivity index (χ2v) is 5.98. The third-order valence-corrected chi connectivity index (χ3v) is 3.66. The van der Waals surface area contributed by atoms with Crippen LogP contribution in [0.15, 0.2) is 53.7 Å². The highest BCUT2D eigenvalue weighted by Crippen LogP contribution is 2.25. The Balaban J connectivity index is 0.00000338.